The second-order valence-corrected chi connectivity index (χ2v) is 10.9. The van der Waals surface area contributed by atoms with Crippen molar-refractivity contribution in [3.8, 4) is 0 Å². The van der Waals surface area contributed by atoms with E-state index >= 15 is 0 Å². The smallest absolute Gasteiger partial charge is 0.408 e. The summed E-state index contributed by atoms with van der Waals surface area (Å²) in [5.74, 6) is 0.0407. The molecule has 0 spiro atoms. The molecule has 1 fully saturated rings. The van der Waals surface area contributed by atoms with Gasteiger partial charge in [-0.05, 0) is 69.4 Å². The number of rotatable bonds is 7. The Balaban J connectivity index is 1.84. The number of alkyl carbamates (subject to hydrolysis) is 1. The zero-order chi connectivity index (χ0) is 24.2. The van der Waals surface area contributed by atoms with Gasteiger partial charge in [-0.3, -0.25) is 9.54 Å². The lowest BCUT2D eigenvalue weighted by molar-refractivity contribution is 0.0479. The molecule has 2 aromatic rings. The first-order valence-corrected chi connectivity index (χ1v) is 12.5. The molecule has 1 aliphatic rings. The van der Waals surface area contributed by atoms with Gasteiger partial charge in [-0.15, -0.1) is 0 Å². The zero-order valence-corrected chi connectivity index (χ0v) is 20.4. The summed E-state index contributed by atoms with van der Waals surface area (Å²) < 4.78 is 42.7. The summed E-state index contributed by atoms with van der Waals surface area (Å²) >= 11 is 6.23. The third kappa shape index (κ3) is 7.40. The van der Waals surface area contributed by atoms with Gasteiger partial charge in [0.05, 0.1) is 28.3 Å². The molecule has 1 amide bonds. The zero-order valence-electron chi connectivity index (χ0n) is 18.9. The van der Waals surface area contributed by atoms with Crippen molar-refractivity contribution in [1.29, 1.82) is 0 Å². The first-order valence-electron chi connectivity index (χ1n) is 10.7. The number of aryl methyl sites for hydroxylation is 2. The van der Waals surface area contributed by atoms with Crippen LogP contribution >= 0.6 is 11.6 Å². The maximum atomic E-state index is 12.6. The van der Waals surface area contributed by atoms with Crippen LogP contribution in [0.15, 0.2) is 41.4 Å². The molecule has 2 atom stereocenters. The number of hydrogen-bond acceptors (Lipinski definition) is 6. The van der Waals surface area contributed by atoms with Gasteiger partial charge in [0.25, 0.3) is 10.1 Å². The number of nitrogens with one attached hydrogen (secondary N) is 1. The van der Waals surface area contributed by atoms with E-state index in [0.717, 1.165) is 17.5 Å². The van der Waals surface area contributed by atoms with Crippen LogP contribution < -0.4 is 5.32 Å². The van der Waals surface area contributed by atoms with Crippen LogP contribution in [0.25, 0.3) is 0 Å². The fourth-order valence-corrected chi connectivity index (χ4v) is 4.40. The molecular weight excluding hydrogens is 468 g/mol. The van der Waals surface area contributed by atoms with Crippen LogP contribution in [0.1, 0.15) is 50.1 Å². The van der Waals surface area contributed by atoms with Crippen molar-refractivity contribution >= 4 is 27.8 Å². The second kappa shape index (κ2) is 10.4. The Bertz CT molecular complexity index is 1080. The molecule has 2 heterocycles. The van der Waals surface area contributed by atoms with Crippen LogP contribution in [0.4, 0.5) is 4.79 Å². The molecule has 8 nitrogen and oxygen atoms in total. The van der Waals surface area contributed by atoms with E-state index in [4.69, 9.17) is 25.6 Å². The van der Waals surface area contributed by atoms with Gasteiger partial charge < -0.3 is 14.8 Å². The van der Waals surface area contributed by atoms with Crippen LogP contribution in [0.5, 0.6) is 0 Å². The van der Waals surface area contributed by atoms with Crippen molar-refractivity contribution < 1.29 is 27.2 Å². The van der Waals surface area contributed by atoms with E-state index in [1.165, 1.54) is 12.1 Å². The van der Waals surface area contributed by atoms with Crippen LogP contribution in [-0.2, 0) is 32.4 Å². The minimum Gasteiger partial charge on any atom is -0.444 e. The molecule has 0 aliphatic carbocycles. The Morgan fingerprint density at radius 3 is 2.58 bits per heavy atom. The van der Waals surface area contributed by atoms with E-state index in [2.05, 4.69) is 10.3 Å². The van der Waals surface area contributed by atoms with Crippen molar-refractivity contribution in [2.45, 2.75) is 56.6 Å². The summed E-state index contributed by atoms with van der Waals surface area (Å²) in [6.45, 7) is 6.53. The van der Waals surface area contributed by atoms with Gasteiger partial charge in [-0.2, -0.15) is 8.42 Å². The quantitative estimate of drug-likeness (QED) is 0.547. The molecule has 1 aromatic heterocycles. The number of carbonyl (C=O) groups is 1. The Labute approximate surface area is 199 Å². The number of pyridine rings is 1. The maximum absolute atomic E-state index is 12.6. The Hall–Kier alpha value is -2.20. The van der Waals surface area contributed by atoms with E-state index in [1.807, 2.05) is 6.07 Å². The Kier molecular flexibility index (Phi) is 8.00. The molecule has 0 bridgehead atoms. The monoisotopic (exact) mass is 496 g/mol. The topological polar surface area (TPSA) is 115 Å². The second-order valence-electron chi connectivity index (χ2n) is 9.06. The fraction of sp³-hybridized carbons (Fsp3) is 0.478. The number of carbonyl (C=O) groups excluding carboxylic acids is 1. The van der Waals surface area contributed by atoms with Crippen molar-refractivity contribution in [1.82, 2.24) is 10.3 Å². The number of ether oxygens (including phenoxy) is 2. The minimum absolute atomic E-state index is 0.0407. The number of aromatic nitrogens is 1. The highest BCUT2D eigenvalue weighted by Crippen LogP contribution is 2.32. The number of benzene rings is 1. The average Bonchev–Trinajstić information content (AvgIpc) is 3.24. The fourth-order valence-electron chi connectivity index (χ4n) is 3.74. The van der Waals surface area contributed by atoms with E-state index in [9.17, 15) is 13.2 Å². The number of hydrogen-bond donors (Lipinski definition) is 2. The SMILES string of the molecule is CC(C)(C)OC(=O)NC(c1ncc(Cl)cc1CCc1ccc(S(=O)(=O)O)cc1)C1CCOC1. The largest absolute Gasteiger partial charge is 0.444 e. The summed E-state index contributed by atoms with van der Waals surface area (Å²) in [7, 11) is -4.24. The van der Waals surface area contributed by atoms with Crippen molar-refractivity contribution in [2.75, 3.05) is 13.2 Å². The van der Waals surface area contributed by atoms with Gasteiger partial charge in [0.1, 0.15) is 5.60 Å². The Morgan fingerprint density at radius 2 is 2.00 bits per heavy atom. The van der Waals surface area contributed by atoms with Crippen molar-refractivity contribution in [3.63, 3.8) is 0 Å². The normalized spacial score (nSPS) is 17.5. The molecule has 180 valence electrons. The van der Waals surface area contributed by atoms with Crippen molar-refractivity contribution in [3.05, 3.63) is 58.4 Å². The van der Waals surface area contributed by atoms with Gasteiger partial charge in [-0.25, -0.2) is 4.79 Å². The van der Waals surface area contributed by atoms with Crippen LogP contribution in [0, 0.1) is 5.92 Å². The molecule has 2 unspecified atom stereocenters. The third-order valence-corrected chi connectivity index (χ3v) is 6.35. The predicted molar refractivity (Wildman–Crippen MR) is 124 cm³/mol. The van der Waals surface area contributed by atoms with Crippen LogP contribution in [0.3, 0.4) is 0 Å². The molecule has 3 rings (SSSR count). The molecule has 1 saturated heterocycles. The van der Waals surface area contributed by atoms with E-state index < -0.39 is 27.9 Å². The van der Waals surface area contributed by atoms with E-state index in [-0.39, 0.29) is 10.8 Å². The van der Waals surface area contributed by atoms with Crippen LogP contribution in [0.2, 0.25) is 5.02 Å². The predicted octanol–water partition coefficient (Wildman–Crippen LogP) is 4.37. The number of amides is 1. The van der Waals surface area contributed by atoms with Crippen molar-refractivity contribution in [2.24, 2.45) is 5.92 Å². The lowest BCUT2D eigenvalue weighted by Crippen LogP contribution is -2.39. The summed E-state index contributed by atoms with van der Waals surface area (Å²) in [4.78, 5) is 17.0. The van der Waals surface area contributed by atoms with Gasteiger partial charge in [0, 0.05) is 18.7 Å². The third-order valence-electron chi connectivity index (χ3n) is 5.28. The minimum atomic E-state index is -4.24. The average molecular weight is 497 g/mol. The van der Waals surface area contributed by atoms with Crippen LogP contribution in [-0.4, -0.2) is 42.9 Å². The molecule has 33 heavy (non-hydrogen) atoms. The Morgan fingerprint density at radius 1 is 1.30 bits per heavy atom. The summed E-state index contributed by atoms with van der Waals surface area (Å²) in [6.07, 6.45) is 2.96. The van der Waals surface area contributed by atoms with E-state index in [0.29, 0.717) is 36.8 Å². The maximum Gasteiger partial charge on any atom is 0.408 e. The van der Waals surface area contributed by atoms with Gasteiger partial charge in [0.15, 0.2) is 0 Å². The highest BCUT2D eigenvalue weighted by Gasteiger charge is 2.32. The molecule has 1 aliphatic heterocycles. The summed E-state index contributed by atoms with van der Waals surface area (Å²) in [6, 6.07) is 7.46. The van der Waals surface area contributed by atoms with E-state index in [1.54, 1.807) is 39.1 Å². The highest BCUT2D eigenvalue weighted by atomic mass is 35.5. The molecule has 2 N–H and O–H groups in total. The molecular formula is C23H29ClN2O6S. The lowest BCUT2D eigenvalue weighted by Gasteiger charge is -2.27. The van der Waals surface area contributed by atoms with Gasteiger partial charge >= 0.3 is 6.09 Å². The standard InChI is InChI=1S/C23H29ClN2O6S/c1-23(2,3)32-22(27)26-21(17-10-11-31-14-17)20-16(12-18(24)13-25-20)7-4-15-5-8-19(9-6-15)33(28,29)30/h5-6,8-9,12-13,17,21H,4,7,10-11,14H2,1-3H3,(H,26,27)(H,28,29,30). The molecule has 1 aromatic carbocycles. The molecule has 10 heteroatoms. The first kappa shape index (κ1) is 25.4. The lowest BCUT2D eigenvalue weighted by atomic mass is 9.91. The summed E-state index contributed by atoms with van der Waals surface area (Å²) in [5, 5.41) is 3.45. The molecule has 0 saturated carbocycles. The highest BCUT2D eigenvalue weighted by molar-refractivity contribution is 7.85. The molecule has 0 radical (unpaired) electrons. The first-order chi connectivity index (χ1) is 15.4. The number of nitrogens with zero attached hydrogens (tertiary/aromatic N) is 1. The summed E-state index contributed by atoms with van der Waals surface area (Å²) in [5.41, 5.74) is 1.82. The van der Waals surface area contributed by atoms with Gasteiger partial charge in [0.2, 0.25) is 0 Å². The number of halogens is 1. The van der Waals surface area contributed by atoms with Gasteiger partial charge in [-0.1, -0.05) is 23.7 Å².